The highest BCUT2D eigenvalue weighted by atomic mass is 16.6. The third-order valence-electron chi connectivity index (χ3n) is 3.43. The van der Waals surface area contributed by atoms with Crippen LogP contribution < -0.4 is 4.90 Å². The maximum atomic E-state index is 11.2. The second-order valence-corrected chi connectivity index (χ2v) is 4.96. The number of benzene rings is 1. The molecule has 1 aliphatic rings. The lowest BCUT2D eigenvalue weighted by molar-refractivity contribution is -0.392. The van der Waals surface area contributed by atoms with Crippen molar-refractivity contribution in [1.29, 1.82) is 0 Å². The largest absolute Gasteiger partial charge is 0.358 e. The van der Waals surface area contributed by atoms with E-state index in [-0.39, 0.29) is 17.1 Å². The smallest absolute Gasteiger partial charge is 0.299 e. The molecule has 0 amide bonds. The van der Waals surface area contributed by atoms with Crippen LogP contribution in [0.1, 0.15) is 5.56 Å². The Balaban J connectivity index is 2.53. The number of rotatable bonds is 3. The van der Waals surface area contributed by atoms with Crippen LogP contribution in [0.15, 0.2) is 12.1 Å². The van der Waals surface area contributed by atoms with E-state index in [1.165, 1.54) is 12.1 Å². The summed E-state index contributed by atoms with van der Waals surface area (Å²) in [7, 11) is 1.95. The standard InChI is InChI=1S/C12H16N4O4/c1-9-7-10(15(17)18)12(11(8-9)16(19)20)14-5-3-13(2)4-6-14/h7-8H,3-6H2,1-2H3. The number of likely N-dealkylation sites (N-methyl/N-ethyl adjacent to an activating group) is 1. The van der Waals surface area contributed by atoms with Crippen molar-refractivity contribution in [2.45, 2.75) is 6.92 Å². The summed E-state index contributed by atoms with van der Waals surface area (Å²) in [6.07, 6.45) is 0. The second-order valence-electron chi connectivity index (χ2n) is 4.96. The molecule has 1 saturated heterocycles. The van der Waals surface area contributed by atoms with Gasteiger partial charge >= 0.3 is 0 Å². The highest BCUT2D eigenvalue weighted by molar-refractivity contribution is 5.76. The first-order valence-corrected chi connectivity index (χ1v) is 6.27. The molecule has 8 heteroatoms. The molecular weight excluding hydrogens is 264 g/mol. The third kappa shape index (κ3) is 2.69. The minimum absolute atomic E-state index is 0.124. The van der Waals surface area contributed by atoms with Gasteiger partial charge in [-0.05, 0) is 19.5 Å². The fourth-order valence-electron chi connectivity index (χ4n) is 2.37. The lowest BCUT2D eigenvalue weighted by Gasteiger charge is -2.33. The monoisotopic (exact) mass is 280 g/mol. The maximum Gasteiger partial charge on any atom is 0.299 e. The van der Waals surface area contributed by atoms with Crippen molar-refractivity contribution in [3.63, 3.8) is 0 Å². The van der Waals surface area contributed by atoms with Crippen molar-refractivity contribution in [3.8, 4) is 0 Å². The van der Waals surface area contributed by atoms with Crippen LogP contribution in [0.25, 0.3) is 0 Å². The van der Waals surface area contributed by atoms with E-state index >= 15 is 0 Å². The highest BCUT2D eigenvalue weighted by Crippen LogP contribution is 2.38. The van der Waals surface area contributed by atoms with E-state index in [1.807, 2.05) is 7.05 Å². The Labute approximate surface area is 115 Å². The van der Waals surface area contributed by atoms with Crippen molar-refractivity contribution in [2.24, 2.45) is 0 Å². The number of nitro groups is 2. The number of anilines is 1. The predicted octanol–water partition coefficient (Wildman–Crippen LogP) is 1.56. The van der Waals surface area contributed by atoms with Gasteiger partial charge in [-0.1, -0.05) is 0 Å². The molecule has 0 bridgehead atoms. The van der Waals surface area contributed by atoms with E-state index in [2.05, 4.69) is 4.90 Å². The van der Waals surface area contributed by atoms with Crippen LogP contribution in [-0.2, 0) is 0 Å². The van der Waals surface area contributed by atoms with Crippen molar-refractivity contribution in [2.75, 3.05) is 38.1 Å². The molecule has 1 aliphatic heterocycles. The predicted molar refractivity (Wildman–Crippen MR) is 74.2 cm³/mol. The van der Waals surface area contributed by atoms with Crippen LogP contribution in [-0.4, -0.2) is 48.0 Å². The summed E-state index contributed by atoms with van der Waals surface area (Å²) in [4.78, 5) is 25.1. The minimum Gasteiger partial charge on any atom is -0.358 e. The van der Waals surface area contributed by atoms with Crippen LogP contribution >= 0.6 is 0 Å². The van der Waals surface area contributed by atoms with Gasteiger partial charge in [0.2, 0.25) is 0 Å². The van der Waals surface area contributed by atoms with Crippen molar-refractivity contribution in [1.82, 2.24) is 4.90 Å². The molecule has 8 nitrogen and oxygen atoms in total. The first-order valence-electron chi connectivity index (χ1n) is 6.27. The van der Waals surface area contributed by atoms with Crippen molar-refractivity contribution >= 4 is 17.1 Å². The summed E-state index contributed by atoms with van der Waals surface area (Å²) in [5.74, 6) is 0. The van der Waals surface area contributed by atoms with Gasteiger partial charge in [-0.3, -0.25) is 20.2 Å². The van der Waals surface area contributed by atoms with Crippen LogP contribution in [0, 0.1) is 27.2 Å². The van der Waals surface area contributed by atoms with E-state index in [9.17, 15) is 20.2 Å². The van der Waals surface area contributed by atoms with E-state index in [0.29, 0.717) is 18.7 Å². The van der Waals surface area contributed by atoms with Crippen LogP contribution in [0.4, 0.5) is 17.1 Å². The Morgan fingerprint density at radius 2 is 1.45 bits per heavy atom. The fraction of sp³-hybridized carbons (Fsp3) is 0.500. The normalized spacial score (nSPS) is 16.2. The third-order valence-corrected chi connectivity index (χ3v) is 3.43. The van der Waals surface area contributed by atoms with Gasteiger partial charge in [-0.2, -0.15) is 0 Å². The summed E-state index contributed by atoms with van der Waals surface area (Å²) in [5, 5.41) is 22.4. The van der Waals surface area contributed by atoms with Gasteiger partial charge in [-0.25, -0.2) is 0 Å². The zero-order valence-electron chi connectivity index (χ0n) is 11.4. The molecule has 0 unspecified atom stereocenters. The van der Waals surface area contributed by atoms with Gasteiger partial charge in [0.1, 0.15) is 0 Å². The van der Waals surface area contributed by atoms with E-state index in [4.69, 9.17) is 0 Å². The van der Waals surface area contributed by atoms with Crippen LogP contribution in [0.3, 0.4) is 0 Å². The first-order chi connectivity index (χ1) is 9.40. The number of aryl methyl sites for hydroxylation is 1. The van der Waals surface area contributed by atoms with Crippen LogP contribution in [0.2, 0.25) is 0 Å². The molecule has 1 fully saturated rings. The zero-order valence-corrected chi connectivity index (χ0v) is 11.4. The average Bonchev–Trinajstić information content (AvgIpc) is 2.38. The first kappa shape index (κ1) is 14.2. The molecule has 0 aromatic heterocycles. The topological polar surface area (TPSA) is 92.8 Å². The lowest BCUT2D eigenvalue weighted by atomic mass is 10.1. The molecule has 0 N–H and O–H groups in total. The molecule has 1 aromatic carbocycles. The van der Waals surface area contributed by atoms with E-state index in [1.54, 1.807) is 11.8 Å². The number of nitro benzene ring substituents is 2. The Hall–Kier alpha value is -2.22. The number of hydrogen-bond acceptors (Lipinski definition) is 6. The minimum atomic E-state index is -0.548. The zero-order chi connectivity index (χ0) is 14.9. The van der Waals surface area contributed by atoms with Crippen molar-refractivity contribution in [3.05, 3.63) is 37.9 Å². The molecule has 0 atom stereocenters. The molecular formula is C12H16N4O4. The van der Waals surface area contributed by atoms with Crippen LogP contribution in [0.5, 0.6) is 0 Å². The Bertz CT molecular complexity index is 517. The number of nitrogens with zero attached hydrogens (tertiary/aromatic N) is 4. The molecule has 1 heterocycles. The summed E-state index contributed by atoms with van der Waals surface area (Å²) in [6, 6.07) is 2.78. The van der Waals surface area contributed by atoms with E-state index < -0.39 is 9.85 Å². The molecule has 20 heavy (non-hydrogen) atoms. The maximum absolute atomic E-state index is 11.2. The quantitative estimate of drug-likeness (QED) is 0.616. The Morgan fingerprint density at radius 3 is 1.85 bits per heavy atom. The number of piperazine rings is 1. The van der Waals surface area contributed by atoms with Gasteiger partial charge in [-0.15, -0.1) is 0 Å². The average molecular weight is 280 g/mol. The summed E-state index contributed by atoms with van der Waals surface area (Å²) >= 11 is 0. The van der Waals surface area contributed by atoms with E-state index in [0.717, 1.165) is 13.1 Å². The molecule has 0 radical (unpaired) electrons. The van der Waals surface area contributed by atoms with Gasteiger partial charge in [0, 0.05) is 38.3 Å². The fourth-order valence-corrected chi connectivity index (χ4v) is 2.37. The summed E-state index contributed by atoms with van der Waals surface area (Å²) < 4.78 is 0. The second kappa shape index (κ2) is 5.41. The molecule has 2 rings (SSSR count). The molecule has 108 valence electrons. The summed E-state index contributed by atoms with van der Waals surface area (Å²) in [6.45, 7) is 4.15. The molecule has 0 saturated carbocycles. The molecule has 0 aliphatic carbocycles. The molecule has 0 spiro atoms. The summed E-state index contributed by atoms with van der Waals surface area (Å²) in [5.41, 5.74) is 0.252. The van der Waals surface area contributed by atoms with Gasteiger partial charge in [0.25, 0.3) is 11.4 Å². The highest BCUT2D eigenvalue weighted by Gasteiger charge is 2.31. The Kier molecular flexibility index (Phi) is 3.84. The van der Waals surface area contributed by atoms with Gasteiger partial charge in [0.05, 0.1) is 9.85 Å². The lowest BCUT2D eigenvalue weighted by Crippen LogP contribution is -2.44. The Morgan fingerprint density at radius 1 is 1.00 bits per heavy atom. The van der Waals surface area contributed by atoms with Gasteiger partial charge in [0.15, 0.2) is 5.69 Å². The SMILES string of the molecule is Cc1cc([N+](=O)[O-])c(N2CCN(C)CC2)c([N+](=O)[O-])c1. The molecule has 1 aromatic rings. The van der Waals surface area contributed by atoms with Crippen molar-refractivity contribution < 1.29 is 9.85 Å². The van der Waals surface area contributed by atoms with Gasteiger partial charge < -0.3 is 9.80 Å². The number of hydrogen-bond donors (Lipinski definition) is 0.